The van der Waals surface area contributed by atoms with Crippen molar-refractivity contribution >= 4 is 22.5 Å². The van der Waals surface area contributed by atoms with Crippen LogP contribution in [0.4, 0.5) is 0 Å². The topological polar surface area (TPSA) is 41.8 Å². The zero-order valence-electron chi connectivity index (χ0n) is 10.7. The molecule has 3 rings (SSSR count). The molecule has 0 radical (unpaired) electrons. The molecular weight excluding hydrogens is 244 g/mol. The van der Waals surface area contributed by atoms with Crippen molar-refractivity contribution < 1.29 is 0 Å². The van der Waals surface area contributed by atoms with Gasteiger partial charge in [0, 0.05) is 21.6 Å². The molecule has 1 heterocycles. The van der Waals surface area contributed by atoms with Gasteiger partial charge in [-0.3, -0.25) is 0 Å². The number of aryl methyl sites for hydroxylation is 1. The van der Waals surface area contributed by atoms with Crippen molar-refractivity contribution in [2.24, 2.45) is 5.73 Å². The number of fused-ring (bicyclic) bond motifs is 1. The van der Waals surface area contributed by atoms with Crippen LogP contribution in [0.5, 0.6) is 0 Å². The van der Waals surface area contributed by atoms with E-state index in [-0.39, 0.29) is 5.54 Å². The summed E-state index contributed by atoms with van der Waals surface area (Å²) in [6, 6.07) is 5.99. The molecule has 18 heavy (non-hydrogen) atoms. The molecule has 0 atom stereocenters. The molecule has 0 amide bonds. The molecule has 3 N–H and O–H groups in total. The van der Waals surface area contributed by atoms with Crippen molar-refractivity contribution in [1.82, 2.24) is 4.98 Å². The van der Waals surface area contributed by atoms with Gasteiger partial charge in [-0.25, -0.2) is 0 Å². The van der Waals surface area contributed by atoms with Crippen LogP contribution in [0.25, 0.3) is 10.9 Å². The van der Waals surface area contributed by atoms with Crippen molar-refractivity contribution in [1.29, 1.82) is 0 Å². The van der Waals surface area contributed by atoms with Crippen LogP contribution in [-0.4, -0.2) is 4.98 Å². The SMILES string of the molecule is Cc1c(C2(N)CCCCC2)[nH]c2ccc(Cl)cc12. The lowest BCUT2D eigenvalue weighted by molar-refractivity contribution is 0.295. The normalized spacial score (nSPS) is 19.3. The highest BCUT2D eigenvalue weighted by atomic mass is 35.5. The van der Waals surface area contributed by atoms with E-state index in [2.05, 4.69) is 11.9 Å². The molecule has 1 aliphatic rings. The van der Waals surface area contributed by atoms with Crippen molar-refractivity contribution in [3.8, 4) is 0 Å². The number of hydrogen-bond donors (Lipinski definition) is 2. The lowest BCUT2D eigenvalue weighted by Gasteiger charge is -2.33. The Morgan fingerprint density at radius 3 is 2.67 bits per heavy atom. The van der Waals surface area contributed by atoms with E-state index in [4.69, 9.17) is 17.3 Å². The average molecular weight is 263 g/mol. The van der Waals surface area contributed by atoms with Crippen molar-refractivity contribution in [3.63, 3.8) is 0 Å². The number of rotatable bonds is 1. The molecule has 1 aromatic carbocycles. The fourth-order valence-corrected chi connectivity index (χ4v) is 3.40. The van der Waals surface area contributed by atoms with Gasteiger partial charge in [0.05, 0.1) is 5.54 Å². The summed E-state index contributed by atoms with van der Waals surface area (Å²) in [5.41, 5.74) is 10.1. The highest BCUT2D eigenvalue weighted by Crippen LogP contribution is 2.38. The van der Waals surface area contributed by atoms with Gasteiger partial charge in [-0.1, -0.05) is 30.9 Å². The van der Waals surface area contributed by atoms with Gasteiger partial charge in [0.1, 0.15) is 0 Å². The summed E-state index contributed by atoms with van der Waals surface area (Å²) < 4.78 is 0. The molecule has 0 spiro atoms. The fourth-order valence-electron chi connectivity index (χ4n) is 3.23. The molecule has 1 aliphatic carbocycles. The van der Waals surface area contributed by atoms with Gasteiger partial charge in [-0.2, -0.15) is 0 Å². The van der Waals surface area contributed by atoms with E-state index in [1.807, 2.05) is 18.2 Å². The summed E-state index contributed by atoms with van der Waals surface area (Å²) >= 11 is 6.08. The predicted molar refractivity (Wildman–Crippen MR) is 77.0 cm³/mol. The maximum Gasteiger partial charge on any atom is 0.0564 e. The molecule has 1 aromatic heterocycles. The number of nitrogens with two attached hydrogens (primary N) is 1. The van der Waals surface area contributed by atoms with Crippen molar-refractivity contribution in [3.05, 3.63) is 34.5 Å². The smallest absolute Gasteiger partial charge is 0.0564 e. The summed E-state index contributed by atoms with van der Waals surface area (Å²) in [6.45, 7) is 2.15. The van der Waals surface area contributed by atoms with Gasteiger partial charge in [0.25, 0.3) is 0 Å². The maximum atomic E-state index is 6.62. The molecule has 0 aliphatic heterocycles. The second kappa shape index (κ2) is 4.29. The van der Waals surface area contributed by atoms with Gasteiger partial charge in [-0.05, 0) is 43.5 Å². The molecule has 0 bridgehead atoms. The number of hydrogen-bond acceptors (Lipinski definition) is 1. The minimum Gasteiger partial charge on any atom is -0.357 e. The van der Waals surface area contributed by atoms with Crippen LogP contribution >= 0.6 is 11.6 Å². The van der Waals surface area contributed by atoms with Gasteiger partial charge >= 0.3 is 0 Å². The Hall–Kier alpha value is -0.990. The highest BCUT2D eigenvalue weighted by Gasteiger charge is 2.32. The van der Waals surface area contributed by atoms with Gasteiger partial charge < -0.3 is 10.7 Å². The molecule has 96 valence electrons. The van der Waals surface area contributed by atoms with E-state index in [1.54, 1.807) is 0 Å². The Morgan fingerprint density at radius 1 is 1.22 bits per heavy atom. The minimum atomic E-state index is -0.173. The average Bonchev–Trinajstić information content (AvgIpc) is 2.68. The van der Waals surface area contributed by atoms with Crippen LogP contribution in [0.1, 0.15) is 43.4 Å². The van der Waals surface area contributed by atoms with Crippen molar-refractivity contribution in [2.45, 2.75) is 44.6 Å². The number of halogens is 1. The largest absolute Gasteiger partial charge is 0.357 e. The molecule has 0 unspecified atom stereocenters. The minimum absolute atomic E-state index is 0.173. The van der Waals surface area contributed by atoms with Crippen LogP contribution in [0.15, 0.2) is 18.2 Å². The van der Waals surface area contributed by atoms with Crippen LogP contribution < -0.4 is 5.73 Å². The first-order valence-electron chi connectivity index (χ1n) is 6.67. The van der Waals surface area contributed by atoms with E-state index in [0.29, 0.717) is 0 Å². The predicted octanol–water partition coefficient (Wildman–Crippen LogP) is 4.25. The first kappa shape index (κ1) is 12.1. The third-order valence-electron chi connectivity index (χ3n) is 4.26. The van der Waals surface area contributed by atoms with E-state index >= 15 is 0 Å². The van der Waals surface area contributed by atoms with Crippen LogP contribution in [0, 0.1) is 6.92 Å². The monoisotopic (exact) mass is 262 g/mol. The van der Waals surface area contributed by atoms with E-state index in [1.165, 1.54) is 35.9 Å². The third-order valence-corrected chi connectivity index (χ3v) is 4.50. The van der Waals surface area contributed by atoms with E-state index in [0.717, 1.165) is 23.4 Å². The molecule has 2 aromatic rings. The van der Waals surface area contributed by atoms with Crippen LogP contribution in [0.2, 0.25) is 5.02 Å². The standard InChI is InChI=1S/C15H19ClN2/c1-10-12-9-11(16)5-6-13(12)18-14(10)15(17)7-3-2-4-8-15/h5-6,9,18H,2-4,7-8,17H2,1H3. The molecule has 1 fully saturated rings. The molecule has 0 saturated heterocycles. The molecule has 3 heteroatoms. The van der Waals surface area contributed by atoms with E-state index < -0.39 is 0 Å². The summed E-state index contributed by atoms with van der Waals surface area (Å²) in [5, 5.41) is 1.98. The van der Waals surface area contributed by atoms with Crippen molar-refractivity contribution in [2.75, 3.05) is 0 Å². The number of aromatic amines is 1. The second-order valence-electron chi connectivity index (χ2n) is 5.53. The number of aromatic nitrogens is 1. The van der Waals surface area contributed by atoms with Crippen LogP contribution in [0.3, 0.4) is 0 Å². The highest BCUT2D eigenvalue weighted by molar-refractivity contribution is 6.31. The lowest BCUT2D eigenvalue weighted by Crippen LogP contribution is -2.39. The first-order chi connectivity index (χ1) is 8.60. The first-order valence-corrected chi connectivity index (χ1v) is 7.05. The van der Waals surface area contributed by atoms with Crippen LogP contribution in [-0.2, 0) is 5.54 Å². The number of benzene rings is 1. The zero-order valence-corrected chi connectivity index (χ0v) is 11.5. The maximum absolute atomic E-state index is 6.62. The Morgan fingerprint density at radius 2 is 1.94 bits per heavy atom. The summed E-state index contributed by atoms with van der Waals surface area (Å²) in [5.74, 6) is 0. The third kappa shape index (κ3) is 1.84. The molecule has 1 saturated carbocycles. The Kier molecular flexibility index (Phi) is 2.87. The zero-order chi connectivity index (χ0) is 12.8. The van der Waals surface area contributed by atoms with Gasteiger partial charge in [0.2, 0.25) is 0 Å². The summed E-state index contributed by atoms with van der Waals surface area (Å²) in [7, 11) is 0. The number of H-pyrrole nitrogens is 1. The lowest BCUT2D eigenvalue weighted by atomic mass is 9.79. The Labute approximate surface area is 113 Å². The van der Waals surface area contributed by atoms with Gasteiger partial charge in [-0.15, -0.1) is 0 Å². The quantitative estimate of drug-likeness (QED) is 0.793. The molecular formula is C15H19ClN2. The number of nitrogens with one attached hydrogen (secondary N) is 1. The molecule has 2 nitrogen and oxygen atoms in total. The fraction of sp³-hybridized carbons (Fsp3) is 0.467. The second-order valence-corrected chi connectivity index (χ2v) is 5.97. The summed E-state index contributed by atoms with van der Waals surface area (Å²) in [4.78, 5) is 3.52. The Balaban J connectivity index is 2.14. The van der Waals surface area contributed by atoms with Gasteiger partial charge in [0.15, 0.2) is 0 Å². The Bertz CT molecular complexity index is 579. The van der Waals surface area contributed by atoms with E-state index in [9.17, 15) is 0 Å². The summed E-state index contributed by atoms with van der Waals surface area (Å²) in [6.07, 6.45) is 5.92.